The van der Waals surface area contributed by atoms with Gasteiger partial charge < -0.3 is 10.1 Å². The molecule has 6 rings (SSSR count). The van der Waals surface area contributed by atoms with Crippen molar-refractivity contribution in [3.63, 3.8) is 0 Å². The van der Waals surface area contributed by atoms with E-state index in [0.717, 1.165) is 35.7 Å². The van der Waals surface area contributed by atoms with Gasteiger partial charge in [0.1, 0.15) is 12.4 Å². The molecule has 0 spiro atoms. The molecule has 0 radical (unpaired) electrons. The molecule has 1 aromatic heterocycles. The van der Waals surface area contributed by atoms with Crippen molar-refractivity contribution in [2.75, 3.05) is 6.61 Å². The fourth-order valence-corrected chi connectivity index (χ4v) is 5.21. The molecule has 6 nitrogen and oxygen atoms in total. The van der Waals surface area contributed by atoms with Gasteiger partial charge in [0.05, 0.1) is 5.52 Å². The van der Waals surface area contributed by atoms with Crippen LogP contribution in [0.4, 0.5) is 0 Å². The van der Waals surface area contributed by atoms with Crippen molar-refractivity contribution < 1.29 is 14.3 Å². The first-order valence-electron chi connectivity index (χ1n) is 10.0. The molecule has 30 heavy (non-hydrogen) atoms. The minimum absolute atomic E-state index is 0.0112. The number of fused-ring (bicyclic) bond motifs is 1. The Labute approximate surface area is 178 Å². The first-order chi connectivity index (χ1) is 14.4. The number of para-hydroxylation sites is 1. The molecule has 0 atom stereocenters. The smallest absolute Gasteiger partial charge is 0.272 e. The zero-order chi connectivity index (χ0) is 20.9. The van der Waals surface area contributed by atoms with Crippen LogP contribution in [0.3, 0.4) is 0 Å². The van der Waals surface area contributed by atoms with Gasteiger partial charge in [-0.2, -0.15) is 5.10 Å². The van der Waals surface area contributed by atoms with Gasteiger partial charge in [-0.05, 0) is 61.4 Å². The van der Waals surface area contributed by atoms with Gasteiger partial charge in [0, 0.05) is 22.4 Å². The molecule has 154 valence electrons. The Morgan fingerprint density at radius 2 is 1.97 bits per heavy atom. The van der Waals surface area contributed by atoms with Crippen LogP contribution in [0.25, 0.3) is 10.9 Å². The van der Waals surface area contributed by atoms with Crippen molar-refractivity contribution in [3.8, 4) is 5.75 Å². The zero-order valence-corrected chi connectivity index (χ0v) is 17.4. The number of hydrogen-bond acceptors (Lipinski definition) is 4. The summed E-state index contributed by atoms with van der Waals surface area (Å²) in [5, 5.41) is 11.7. The summed E-state index contributed by atoms with van der Waals surface area (Å²) in [6.45, 7) is 1.96. The van der Waals surface area contributed by atoms with E-state index in [-0.39, 0.29) is 29.3 Å². The van der Waals surface area contributed by atoms with E-state index in [1.807, 2.05) is 37.3 Å². The van der Waals surface area contributed by atoms with Gasteiger partial charge in [-0.15, -0.1) is 0 Å². The van der Waals surface area contributed by atoms with Gasteiger partial charge in [0.25, 0.3) is 5.91 Å². The highest BCUT2D eigenvalue weighted by Crippen LogP contribution is 2.69. The number of hydrogen-bond donors (Lipinski definition) is 2. The number of benzene rings is 2. The molecule has 0 aliphatic heterocycles. The number of aromatic nitrogens is 2. The lowest BCUT2D eigenvalue weighted by Crippen LogP contribution is -2.75. The molecule has 1 heterocycles. The van der Waals surface area contributed by atoms with Crippen molar-refractivity contribution >= 4 is 34.2 Å². The van der Waals surface area contributed by atoms with Crippen LogP contribution in [0.1, 0.15) is 41.7 Å². The summed E-state index contributed by atoms with van der Waals surface area (Å²) in [7, 11) is 0. The Bertz CT molecular complexity index is 1150. The third kappa shape index (κ3) is 3.25. The van der Waals surface area contributed by atoms with Crippen molar-refractivity contribution in [1.82, 2.24) is 15.5 Å². The van der Waals surface area contributed by atoms with Crippen LogP contribution < -0.4 is 10.1 Å². The number of carbonyl (C=O) groups is 2. The highest BCUT2D eigenvalue weighted by atomic mass is 35.5. The van der Waals surface area contributed by atoms with Crippen LogP contribution in [0.15, 0.2) is 42.5 Å². The number of ketones is 1. The van der Waals surface area contributed by atoms with Gasteiger partial charge in [0.15, 0.2) is 11.5 Å². The Kier molecular flexibility index (Phi) is 4.36. The van der Waals surface area contributed by atoms with E-state index >= 15 is 0 Å². The number of nitrogens with zero attached hydrogens (tertiary/aromatic N) is 1. The molecular weight excluding hydrogens is 402 g/mol. The number of amides is 1. The Morgan fingerprint density at radius 3 is 2.73 bits per heavy atom. The Balaban J connectivity index is 1.13. The molecule has 2 aromatic carbocycles. The maximum Gasteiger partial charge on any atom is 0.272 e. The largest absolute Gasteiger partial charge is 0.486 e. The fourth-order valence-electron chi connectivity index (χ4n) is 5.09. The molecule has 2 bridgehead atoms. The number of aryl methyl sites for hydroxylation is 1. The average molecular weight is 424 g/mol. The van der Waals surface area contributed by atoms with E-state index in [9.17, 15) is 9.59 Å². The van der Waals surface area contributed by atoms with Gasteiger partial charge in [-0.3, -0.25) is 14.7 Å². The highest BCUT2D eigenvalue weighted by molar-refractivity contribution is 6.31. The van der Waals surface area contributed by atoms with Crippen LogP contribution >= 0.6 is 11.6 Å². The maximum atomic E-state index is 12.7. The molecule has 1 amide bonds. The molecule has 0 unspecified atom stereocenters. The SMILES string of the molecule is Cc1cc(OCC(=O)CC23CC(NC(=O)c4n[nH]c5ccccc45)(C2)C3)ccc1Cl. The monoisotopic (exact) mass is 423 g/mol. The normalized spacial score (nSPS) is 24.1. The first-order valence-corrected chi connectivity index (χ1v) is 10.4. The number of ether oxygens (including phenoxy) is 1. The van der Waals surface area contributed by atoms with Crippen LogP contribution in [0, 0.1) is 12.3 Å². The summed E-state index contributed by atoms with van der Waals surface area (Å²) in [6.07, 6.45) is 2.99. The lowest BCUT2D eigenvalue weighted by atomic mass is 9.38. The van der Waals surface area contributed by atoms with Gasteiger partial charge in [-0.25, -0.2) is 0 Å². The number of carbonyl (C=O) groups excluding carboxylic acids is 2. The van der Waals surface area contributed by atoms with Crippen LogP contribution in [0.5, 0.6) is 5.75 Å². The molecular formula is C23H22ClN3O3. The summed E-state index contributed by atoms with van der Waals surface area (Å²) < 4.78 is 5.63. The summed E-state index contributed by atoms with van der Waals surface area (Å²) in [5.74, 6) is 0.576. The number of H-pyrrole nitrogens is 1. The van der Waals surface area contributed by atoms with Crippen LogP contribution in [-0.2, 0) is 4.79 Å². The quantitative estimate of drug-likeness (QED) is 0.596. The third-order valence-electron chi connectivity index (χ3n) is 6.31. The summed E-state index contributed by atoms with van der Waals surface area (Å²) in [4.78, 5) is 25.1. The standard InChI is InChI=1S/C23H22ClN3O3/c1-14-8-16(6-7-18(14)24)30-10-15(28)9-22-11-23(12-22,13-22)25-21(29)20-17-4-2-3-5-19(17)26-27-20/h2-8H,9-13H2,1H3,(H,25,29)(H,26,27). The zero-order valence-electron chi connectivity index (χ0n) is 16.6. The van der Waals surface area contributed by atoms with Crippen LogP contribution in [-0.4, -0.2) is 34.0 Å². The third-order valence-corrected chi connectivity index (χ3v) is 6.73. The van der Waals surface area contributed by atoms with Crippen molar-refractivity contribution in [2.45, 2.75) is 38.1 Å². The Hall–Kier alpha value is -2.86. The number of nitrogens with one attached hydrogen (secondary N) is 2. The molecule has 3 fully saturated rings. The van der Waals surface area contributed by atoms with Gasteiger partial charge in [0.2, 0.25) is 0 Å². The van der Waals surface area contributed by atoms with Crippen molar-refractivity contribution in [2.24, 2.45) is 5.41 Å². The second-order valence-electron chi connectivity index (χ2n) is 8.80. The topological polar surface area (TPSA) is 84.1 Å². The first kappa shape index (κ1) is 19.1. The fraction of sp³-hybridized carbons (Fsp3) is 0.348. The number of halogens is 1. The molecule has 3 aromatic rings. The molecule has 0 saturated heterocycles. The molecule has 7 heteroatoms. The predicted molar refractivity (Wildman–Crippen MR) is 114 cm³/mol. The van der Waals surface area contributed by atoms with Crippen molar-refractivity contribution in [3.05, 3.63) is 58.7 Å². The molecule has 3 aliphatic rings. The lowest BCUT2D eigenvalue weighted by Gasteiger charge is -2.70. The van der Waals surface area contributed by atoms with E-state index in [1.54, 1.807) is 12.1 Å². The van der Waals surface area contributed by atoms with Crippen LogP contribution in [0.2, 0.25) is 5.02 Å². The number of rotatable bonds is 7. The highest BCUT2D eigenvalue weighted by Gasteiger charge is 2.68. The minimum atomic E-state index is -0.189. The van der Waals surface area contributed by atoms with E-state index in [2.05, 4.69) is 15.5 Å². The second-order valence-corrected chi connectivity index (χ2v) is 9.20. The Morgan fingerprint density at radius 1 is 1.20 bits per heavy atom. The van der Waals surface area contributed by atoms with Gasteiger partial charge >= 0.3 is 0 Å². The maximum absolute atomic E-state index is 12.7. The van der Waals surface area contributed by atoms with E-state index in [4.69, 9.17) is 16.3 Å². The summed E-state index contributed by atoms with van der Waals surface area (Å²) in [5.41, 5.74) is 2.01. The number of aromatic amines is 1. The average Bonchev–Trinajstić information content (AvgIpc) is 3.10. The number of Topliss-reactive ketones (excluding diaryl/α,β-unsaturated/α-hetero) is 1. The molecule has 2 N–H and O–H groups in total. The molecule has 3 aliphatic carbocycles. The predicted octanol–water partition coefficient (Wildman–Crippen LogP) is 4.22. The second kappa shape index (κ2) is 6.84. The van der Waals surface area contributed by atoms with E-state index in [1.165, 1.54) is 0 Å². The molecule has 3 saturated carbocycles. The van der Waals surface area contributed by atoms with E-state index < -0.39 is 0 Å². The minimum Gasteiger partial charge on any atom is -0.486 e. The summed E-state index contributed by atoms with van der Waals surface area (Å²) in [6, 6.07) is 13.0. The lowest BCUT2D eigenvalue weighted by molar-refractivity contribution is -0.162. The van der Waals surface area contributed by atoms with Crippen molar-refractivity contribution in [1.29, 1.82) is 0 Å². The van der Waals surface area contributed by atoms with Gasteiger partial charge in [-0.1, -0.05) is 29.8 Å². The van der Waals surface area contributed by atoms with E-state index in [0.29, 0.717) is 22.9 Å². The summed E-state index contributed by atoms with van der Waals surface area (Å²) >= 11 is 6.01.